The largest absolute Gasteiger partial charge is 0.481 e. The Morgan fingerprint density at radius 3 is 2.32 bits per heavy atom. The number of imide groups is 1. The van der Waals surface area contributed by atoms with E-state index in [9.17, 15) is 22.8 Å². The molecule has 0 fully saturated rings. The van der Waals surface area contributed by atoms with Crippen molar-refractivity contribution in [3.63, 3.8) is 0 Å². The third-order valence-corrected chi connectivity index (χ3v) is 3.38. The second kappa shape index (κ2) is 8.43. The average molecular weight is 295 g/mol. The number of hydrogen-bond acceptors (Lipinski definition) is 5. The van der Waals surface area contributed by atoms with Crippen molar-refractivity contribution in [2.75, 3.05) is 19.3 Å². The lowest BCUT2D eigenvalue weighted by Crippen LogP contribution is -2.42. The smallest absolute Gasteiger partial charge is 0.321 e. The van der Waals surface area contributed by atoms with Crippen LogP contribution < -0.4 is 15.4 Å². The maximum absolute atomic E-state index is 11.2. The van der Waals surface area contributed by atoms with Gasteiger partial charge in [-0.25, -0.2) is 17.9 Å². The second-order valence-electron chi connectivity index (χ2n) is 3.57. The van der Waals surface area contributed by atoms with Crippen LogP contribution in [0.25, 0.3) is 0 Å². The van der Waals surface area contributed by atoms with Gasteiger partial charge in [0.1, 0.15) is 0 Å². The van der Waals surface area contributed by atoms with Gasteiger partial charge in [-0.05, 0) is 13.5 Å². The predicted octanol–water partition coefficient (Wildman–Crippen LogP) is -1.38. The highest BCUT2D eigenvalue weighted by Gasteiger charge is 2.10. The van der Waals surface area contributed by atoms with Crippen molar-refractivity contribution in [3.8, 4) is 0 Å². The lowest BCUT2D eigenvalue weighted by molar-refractivity contribution is -0.137. The molecule has 0 unspecified atom stereocenters. The van der Waals surface area contributed by atoms with Crippen molar-refractivity contribution in [2.45, 2.75) is 19.3 Å². The Balaban J connectivity index is 3.80. The Hall–Kier alpha value is -1.68. The van der Waals surface area contributed by atoms with Crippen LogP contribution in [0.4, 0.5) is 4.79 Å². The summed E-state index contributed by atoms with van der Waals surface area (Å²) in [4.78, 5) is 32.5. The molecule has 0 saturated carbocycles. The number of urea groups is 1. The van der Waals surface area contributed by atoms with E-state index in [0.717, 1.165) is 0 Å². The van der Waals surface area contributed by atoms with Crippen LogP contribution in [0.2, 0.25) is 0 Å². The minimum atomic E-state index is -3.41. The van der Waals surface area contributed by atoms with Gasteiger partial charge in [-0.3, -0.25) is 14.9 Å². The molecule has 9 nitrogen and oxygen atoms in total. The third-order valence-electron chi connectivity index (χ3n) is 2.01. The average Bonchev–Trinajstić information content (AvgIpc) is 2.28. The molecule has 0 bridgehead atoms. The molecule has 0 aliphatic carbocycles. The highest BCUT2D eigenvalue weighted by Crippen LogP contribution is 1.94. The van der Waals surface area contributed by atoms with Crippen LogP contribution in [-0.2, 0) is 19.6 Å². The number of carboxylic acids is 1. The third kappa shape index (κ3) is 9.97. The fraction of sp³-hybridized carbons (Fsp3) is 0.667. The zero-order valence-corrected chi connectivity index (χ0v) is 11.2. The molecule has 0 heterocycles. The lowest BCUT2D eigenvalue weighted by atomic mass is 10.2. The Labute approximate surface area is 110 Å². The number of rotatable bonds is 8. The second-order valence-corrected chi connectivity index (χ2v) is 5.62. The molecule has 0 spiro atoms. The molecule has 0 aromatic heterocycles. The summed E-state index contributed by atoms with van der Waals surface area (Å²) in [6.07, 6.45) is -0.118. The summed E-state index contributed by atoms with van der Waals surface area (Å²) >= 11 is 0. The summed E-state index contributed by atoms with van der Waals surface area (Å²) in [5.74, 6) is -1.94. The van der Waals surface area contributed by atoms with Gasteiger partial charge < -0.3 is 10.4 Å². The van der Waals surface area contributed by atoms with Crippen LogP contribution in [0.1, 0.15) is 19.3 Å². The molecule has 0 saturated heterocycles. The minimum Gasteiger partial charge on any atom is -0.481 e. The molecule has 0 atom stereocenters. The summed E-state index contributed by atoms with van der Waals surface area (Å²) in [7, 11) is -2.16. The van der Waals surface area contributed by atoms with E-state index in [1.165, 1.54) is 7.05 Å². The van der Waals surface area contributed by atoms with Gasteiger partial charge in [0.25, 0.3) is 0 Å². The van der Waals surface area contributed by atoms with Gasteiger partial charge in [-0.1, -0.05) is 0 Å². The van der Waals surface area contributed by atoms with Crippen molar-refractivity contribution >= 4 is 27.9 Å². The number of hydrogen-bond donors (Lipinski definition) is 4. The van der Waals surface area contributed by atoms with Crippen molar-refractivity contribution < 1.29 is 27.9 Å². The van der Waals surface area contributed by atoms with Crippen LogP contribution in [0.15, 0.2) is 0 Å². The molecule has 10 heteroatoms. The van der Waals surface area contributed by atoms with Crippen molar-refractivity contribution in [2.24, 2.45) is 0 Å². The first-order valence-electron chi connectivity index (χ1n) is 5.47. The first-order chi connectivity index (χ1) is 8.76. The van der Waals surface area contributed by atoms with E-state index in [-0.39, 0.29) is 31.6 Å². The molecular formula is C9H17N3O6S. The normalized spacial score (nSPS) is 10.8. The molecular weight excluding hydrogens is 278 g/mol. The van der Waals surface area contributed by atoms with Gasteiger partial charge in [-0.2, -0.15) is 0 Å². The number of sulfonamides is 1. The van der Waals surface area contributed by atoms with Crippen molar-refractivity contribution in [3.05, 3.63) is 0 Å². The lowest BCUT2D eigenvalue weighted by Gasteiger charge is -2.06. The van der Waals surface area contributed by atoms with Crippen molar-refractivity contribution in [1.29, 1.82) is 0 Å². The zero-order chi connectivity index (χ0) is 14.9. The van der Waals surface area contributed by atoms with Gasteiger partial charge in [0.2, 0.25) is 15.9 Å². The fourth-order valence-electron chi connectivity index (χ4n) is 1.03. The number of carbonyl (C=O) groups is 3. The van der Waals surface area contributed by atoms with Gasteiger partial charge in [0.05, 0.1) is 5.75 Å². The van der Waals surface area contributed by atoms with Gasteiger partial charge in [0, 0.05) is 19.4 Å². The number of nitrogens with one attached hydrogen (secondary N) is 3. The molecule has 0 aliphatic heterocycles. The van der Waals surface area contributed by atoms with Crippen LogP contribution in [-0.4, -0.2) is 50.8 Å². The predicted molar refractivity (Wildman–Crippen MR) is 65.9 cm³/mol. The monoisotopic (exact) mass is 295 g/mol. The maximum atomic E-state index is 11.2. The maximum Gasteiger partial charge on any atom is 0.321 e. The van der Waals surface area contributed by atoms with Crippen LogP contribution >= 0.6 is 0 Å². The number of amides is 3. The van der Waals surface area contributed by atoms with Crippen LogP contribution in [0.3, 0.4) is 0 Å². The van der Waals surface area contributed by atoms with Crippen molar-refractivity contribution in [1.82, 2.24) is 15.4 Å². The highest BCUT2D eigenvalue weighted by molar-refractivity contribution is 7.89. The zero-order valence-electron chi connectivity index (χ0n) is 10.4. The topological polar surface area (TPSA) is 142 Å². The van der Waals surface area contributed by atoms with E-state index in [4.69, 9.17) is 5.11 Å². The molecule has 0 radical (unpaired) electrons. The first kappa shape index (κ1) is 17.3. The van der Waals surface area contributed by atoms with E-state index in [1.807, 2.05) is 5.32 Å². The molecule has 19 heavy (non-hydrogen) atoms. The summed E-state index contributed by atoms with van der Waals surface area (Å²) in [6, 6.07) is -0.813. The van der Waals surface area contributed by atoms with E-state index in [2.05, 4.69) is 10.0 Å². The van der Waals surface area contributed by atoms with Gasteiger partial charge >= 0.3 is 12.0 Å². The Morgan fingerprint density at radius 1 is 1.16 bits per heavy atom. The van der Waals surface area contributed by atoms with E-state index in [1.54, 1.807) is 0 Å². The van der Waals surface area contributed by atoms with E-state index < -0.39 is 27.9 Å². The minimum absolute atomic E-state index is 0.0888. The van der Waals surface area contributed by atoms with Crippen LogP contribution in [0.5, 0.6) is 0 Å². The van der Waals surface area contributed by atoms with Gasteiger partial charge in [0.15, 0.2) is 0 Å². The van der Waals surface area contributed by atoms with Crippen LogP contribution in [0, 0.1) is 0 Å². The number of carbonyl (C=O) groups excluding carboxylic acids is 2. The van der Waals surface area contributed by atoms with E-state index in [0.29, 0.717) is 0 Å². The molecule has 0 rings (SSSR count). The standard InChI is InChI=1S/C9H17N3O6S/c1-10-19(17,18)6-5-11-9(16)12-7(13)3-2-4-8(14)15/h10H,2-6H2,1H3,(H,14,15)(H2,11,12,13,16). The fourth-order valence-corrected chi connectivity index (χ4v) is 1.61. The Morgan fingerprint density at radius 2 is 1.79 bits per heavy atom. The molecule has 0 aromatic rings. The molecule has 4 N–H and O–H groups in total. The summed E-state index contributed by atoms with van der Waals surface area (Å²) in [5, 5.41) is 12.5. The summed E-state index contributed by atoms with van der Waals surface area (Å²) in [6.45, 7) is -0.141. The quantitative estimate of drug-likeness (QED) is 0.434. The Bertz CT molecular complexity index is 433. The Kier molecular flexibility index (Phi) is 7.68. The highest BCUT2D eigenvalue weighted by atomic mass is 32.2. The number of carboxylic acid groups (broad SMARTS) is 1. The molecule has 0 aliphatic rings. The molecule has 0 aromatic carbocycles. The summed E-state index contributed by atoms with van der Waals surface area (Å²) < 4.78 is 24.1. The number of aliphatic carboxylic acids is 1. The summed E-state index contributed by atoms with van der Waals surface area (Å²) in [5.41, 5.74) is 0. The SMILES string of the molecule is CNS(=O)(=O)CCNC(=O)NC(=O)CCCC(=O)O. The first-order valence-corrected chi connectivity index (χ1v) is 7.13. The van der Waals surface area contributed by atoms with E-state index >= 15 is 0 Å². The van der Waals surface area contributed by atoms with Gasteiger partial charge in [-0.15, -0.1) is 0 Å². The molecule has 110 valence electrons. The molecule has 3 amide bonds.